The molecule has 0 bridgehead atoms. The smallest absolute Gasteiger partial charge is 0.253 e. The molecular formula is C23H25BrN2O2. The van der Waals surface area contributed by atoms with E-state index in [-0.39, 0.29) is 17.2 Å². The first kappa shape index (κ1) is 19.2. The van der Waals surface area contributed by atoms with Gasteiger partial charge in [-0.05, 0) is 54.7 Å². The standard InChI is InChI=1S/C23H25BrN2O2/c1-2-17-6-8-18(9-7-17)21(27)25-12-14-26(15-13-25)22(28)23(10-11-23)19-4-3-5-20(24)16-19/h3-9,16H,2,10-15H2,1H3. The van der Waals surface area contributed by atoms with E-state index >= 15 is 0 Å². The van der Waals surface area contributed by atoms with Crippen LogP contribution in [0.4, 0.5) is 0 Å². The van der Waals surface area contributed by atoms with E-state index in [1.54, 1.807) is 0 Å². The van der Waals surface area contributed by atoms with E-state index in [1.807, 2.05) is 46.2 Å². The minimum atomic E-state index is -0.355. The minimum Gasteiger partial charge on any atom is -0.338 e. The van der Waals surface area contributed by atoms with Crippen molar-refractivity contribution < 1.29 is 9.59 Å². The summed E-state index contributed by atoms with van der Waals surface area (Å²) in [6.45, 7) is 4.50. The van der Waals surface area contributed by atoms with Crippen LogP contribution in [0.1, 0.15) is 41.3 Å². The number of halogens is 1. The quantitative estimate of drug-likeness (QED) is 0.719. The molecule has 2 aromatic rings. The van der Waals surface area contributed by atoms with Gasteiger partial charge in [0.05, 0.1) is 5.41 Å². The van der Waals surface area contributed by atoms with Gasteiger partial charge < -0.3 is 9.80 Å². The van der Waals surface area contributed by atoms with Gasteiger partial charge in [-0.15, -0.1) is 0 Å². The van der Waals surface area contributed by atoms with Crippen LogP contribution in [0, 0.1) is 0 Å². The molecule has 4 nitrogen and oxygen atoms in total. The molecule has 2 aliphatic rings. The zero-order chi connectivity index (χ0) is 19.7. The van der Waals surface area contributed by atoms with Gasteiger partial charge in [-0.3, -0.25) is 9.59 Å². The number of benzene rings is 2. The molecule has 4 rings (SSSR count). The molecule has 0 aromatic heterocycles. The number of carbonyl (C=O) groups is 2. The van der Waals surface area contributed by atoms with E-state index in [1.165, 1.54) is 5.56 Å². The highest BCUT2D eigenvalue weighted by Crippen LogP contribution is 2.50. The second kappa shape index (κ2) is 7.70. The van der Waals surface area contributed by atoms with E-state index in [0.717, 1.165) is 34.9 Å². The third-order valence-corrected chi connectivity index (χ3v) is 6.49. The monoisotopic (exact) mass is 440 g/mol. The number of rotatable bonds is 4. The highest BCUT2D eigenvalue weighted by Gasteiger charge is 2.53. The molecule has 1 aliphatic carbocycles. The first-order valence-electron chi connectivity index (χ1n) is 9.97. The zero-order valence-corrected chi connectivity index (χ0v) is 17.7. The fourth-order valence-electron chi connectivity index (χ4n) is 4.02. The fraction of sp³-hybridized carbons (Fsp3) is 0.391. The normalized spacial score (nSPS) is 18.1. The van der Waals surface area contributed by atoms with E-state index in [4.69, 9.17) is 0 Å². The van der Waals surface area contributed by atoms with Crippen LogP contribution in [0.3, 0.4) is 0 Å². The molecule has 1 saturated carbocycles. The molecule has 2 fully saturated rings. The zero-order valence-electron chi connectivity index (χ0n) is 16.2. The van der Waals surface area contributed by atoms with E-state index in [9.17, 15) is 9.59 Å². The molecule has 1 aliphatic heterocycles. The predicted octanol–water partition coefficient (Wildman–Crippen LogP) is 4.03. The molecule has 146 valence electrons. The first-order valence-corrected chi connectivity index (χ1v) is 10.8. The third-order valence-electron chi connectivity index (χ3n) is 6.00. The Bertz CT molecular complexity index is 882. The summed E-state index contributed by atoms with van der Waals surface area (Å²) in [5.74, 6) is 0.271. The Hall–Kier alpha value is -2.14. The van der Waals surface area contributed by atoms with Crippen LogP contribution in [-0.4, -0.2) is 47.8 Å². The van der Waals surface area contributed by atoms with Crippen LogP contribution < -0.4 is 0 Å². The van der Waals surface area contributed by atoms with Gasteiger partial charge in [0.1, 0.15) is 0 Å². The Balaban J connectivity index is 1.40. The lowest BCUT2D eigenvalue weighted by atomic mass is 9.94. The van der Waals surface area contributed by atoms with Gasteiger partial charge in [0.15, 0.2) is 0 Å². The van der Waals surface area contributed by atoms with Crippen LogP contribution in [0.5, 0.6) is 0 Å². The maximum Gasteiger partial charge on any atom is 0.253 e. The van der Waals surface area contributed by atoms with Crippen molar-refractivity contribution in [3.8, 4) is 0 Å². The summed E-state index contributed by atoms with van der Waals surface area (Å²) in [7, 11) is 0. The summed E-state index contributed by atoms with van der Waals surface area (Å²) in [5, 5.41) is 0. The van der Waals surface area contributed by atoms with Gasteiger partial charge in [-0.25, -0.2) is 0 Å². The number of piperazine rings is 1. The molecule has 0 spiro atoms. The number of hydrogen-bond donors (Lipinski definition) is 0. The maximum absolute atomic E-state index is 13.2. The van der Waals surface area contributed by atoms with Gasteiger partial charge in [-0.2, -0.15) is 0 Å². The van der Waals surface area contributed by atoms with Gasteiger partial charge >= 0.3 is 0 Å². The van der Waals surface area contributed by atoms with E-state index in [2.05, 4.69) is 35.0 Å². The average molecular weight is 441 g/mol. The van der Waals surface area contributed by atoms with Gasteiger partial charge in [0, 0.05) is 36.2 Å². The molecule has 28 heavy (non-hydrogen) atoms. The number of amides is 2. The lowest BCUT2D eigenvalue weighted by Gasteiger charge is -2.36. The van der Waals surface area contributed by atoms with Crippen molar-refractivity contribution in [2.75, 3.05) is 26.2 Å². The Morgan fingerprint density at radius 1 is 0.964 bits per heavy atom. The number of carbonyl (C=O) groups excluding carboxylic acids is 2. The molecule has 1 heterocycles. The lowest BCUT2D eigenvalue weighted by Crippen LogP contribution is -2.53. The molecule has 0 radical (unpaired) electrons. The second-order valence-electron chi connectivity index (χ2n) is 7.73. The lowest BCUT2D eigenvalue weighted by molar-refractivity contribution is -0.135. The molecule has 0 atom stereocenters. The van der Waals surface area contributed by atoms with Gasteiger partial charge in [0.2, 0.25) is 5.91 Å². The summed E-state index contributed by atoms with van der Waals surface area (Å²) in [5.41, 5.74) is 2.70. The Morgan fingerprint density at radius 2 is 1.61 bits per heavy atom. The number of hydrogen-bond acceptors (Lipinski definition) is 2. The Morgan fingerprint density at radius 3 is 2.18 bits per heavy atom. The van der Waals surface area contributed by atoms with Crippen LogP contribution in [0.15, 0.2) is 53.0 Å². The summed E-state index contributed by atoms with van der Waals surface area (Å²) in [6.07, 6.45) is 2.78. The van der Waals surface area contributed by atoms with Crippen molar-refractivity contribution in [3.05, 3.63) is 69.7 Å². The van der Waals surface area contributed by atoms with Gasteiger partial charge in [0.25, 0.3) is 5.91 Å². The molecule has 0 unspecified atom stereocenters. The van der Waals surface area contributed by atoms with Crippen LogP contribution in [0.25, 0.3) is 0 Å². The Kier molecular flexibility index (Phi) is 5.28. The van der Waals surface area contributed by atoms with Crippen LogP contribution >= 0.6 is 15.9 Å². The molecule has 2 aromatic carbocycles. The average Bonchev–Trinajstić information content (AvgIpc) is 3.55. The van der Waals surface area contributed by atoms with E-state index in [0.29, 0.717) is 26.2 Å². The van der Waals surface area contributed by atoms with Crippen LogP contribution in [0.2, 0.25) is 0 Å². The van der Waals surface area contributed by atoms with Crippen molar-refractivity contribution >= 4 is 27.7 Å². The van der Waals surface area contributed by atoms with Crippen molar-refractivity contribution in [2.24, 2.45) is 0 Å². The maximum atomic E-state index is 13.2. The summed E-state index contributed by atoms with van der Waals surface area (Å²) in [4.78, 5) is 29.8. The molecule has 5 heteroatoms. The SMILES string of the molecule is CCc1ccc(C(=O)N2CCN(C(=O)C3(c4cccc(Br)c4)CC3)CC2)cc1. The third kappa shape index (κ3) is 3.60. The molecule has 2 amide bonds. The summed E-state index contributed by atoms with van der Waals surface area (Å²) in [6, 6.07) is 15.9. The predicted molar refractivity (Wildman–Crippen MR) is 113 cm³/mol. The molecular weight excluding hydrogens is 416 g/mol. The topological polar surface area (TPSA) is 40.6 Å². The first-order chi connectivity index (χ1) is 13.5. The highest BCUT2D eigenvalue weighted by atomic mass is 79.9. The molecule has 1 saturated heterocycles. The minimum absolute atomic E-state index is 0.0582. The van der Waals surface area contributed by atoms with Crippen molar-refractivity contribution in [2.45, 2.75) is 31.6 Å². The van der Waals surface area contributed by atoms with E-state index < -0.39 is 0 Å². The summed E-state index contributed by atoms with van der Waals surface area (Å²) >= 11 is 3.51. The summed E-state index contributed by atoms with van der Waals surface area (Å²) < 4.78 is 1.01. The van der Waals surface area contributed by atoms with Gasteiger partial charge in [-0.1, -0.05) is 47.1 Å². The largest absolute Gasteiger partial charge is 0.338 e. The second-order valence-corrected chi connectivity index (χ2v) is 8.64. The molecule has 0 N–H and O–H groups in total. The number of aryl methyl sites for hydroxylation is 1. The van der Waals surface area contributed by atoms with Crippen molar-refractivity contribution in [1.82, 2.24) is 9.80 Å². The number of nitrogens with zero attached hydrogens (tertiary/aromatic N) is 2. The highest BCUT2D eigenvalue weighted by molar-refractivity contribution is 9.10. The fourth-order valence-corrected chi connectivity index (χ4v) is 4.42. The van der Waals surface area contributed by atoms with Crippen molar-refractivity contribution in [3.63, 3.8) is 0 Å². The Labute approximate surface area is 174 Å². The van der Waals surface area contributed by atoms with Crippen molar-refractivity contribution in [1.29, 1.82) is 0 Å². The van der Waals surface area contributed by atoms with Crippen LogP contribution in [-0.2, 0) is 16.6 Å².